The van der Waals surface area contributed by atoms with Gasteiger partial charge in [-0.15, -0.1) is 0 Å². The van der Waals surface area contributed by atoms with Crippen molar-refractivity contribution in [2.45, 2.75) is 46.7 Å². The van der Waals surface area contributed by atoms with E-state index in [2.05, 4.69) is 40.7 Å². The predicted molar refractivity (Wildman–Crippen MR) is 100.0 cm³/mol. The van der Waals surface area contributed by atoms with E-state index >= 15 is 0 Å². The molecule has 1 unspecified atom stereocenters. The summed E-state index contributed by atoms with van der Waals surface area (Å²) in [4.78, 5) is 4.59. The minimum absolute atomic E-state index is 0.0496. The lowest BCUT2D eigenvalue weighted by atomic mass is 10.0. The highest BCUT2D eigenvalue weighted by molar-refractivity contribution is 5.80. The van der Waals surface area contributed by atoms with Gasteiger partial charge in [0.25, 0.3) is 0 Å². The van der Waals surface area contributed by atoms with Gasteiger partial charge in [-0.1, -0.05) is 29.8 Å². The molecule has 0 bridgehead atoms. The largest absolute Gasteiger partial charge is 0.496 e. The van der Waals surface area contributed by atoms with Crippen LogP contribution in [-0.4, -0.2) is 24.8 Å². The zero-order chi connectivity index (χ0) is 18.2. The van der Waals surface area contributed by atoms with E-state index in [1.807, 2.05) is 32.0 Å². The lowest BCUT2D eigenvalue weighted by Gasteiger charge is -2.20. The van der Waals surface area contributed by atoms with Crippen LogP contribution in [0.3, 0.4) is 0 Å². The Bertz CT molecular complexity index is 709. The molecular formula is C19H28N4O2. The van der Waals surface area contributed by atoms with Gasteiger partial charge in [-0.25, -0.2) is 4.99 Å². The predicted octanol–water partition coefficient (Wildman–Crippen LogP) is 3.37. The van der Waals surface area contributed by atoms with Gasteiger partial charge >= 0.3 is 0 Å². The average Bonchev–Trinajstić information content (AvgIpc) is 3.08. The fourth-order valence-corrected chi connectivity index (χ4v) is 2.55. The second kappa shape index (κ2) is 9.11. The summed E-state index contributed by atoms with van der Waals surface area (Å²) >= 11 is 0. The zero-order valence-electron chi connectivity index (χ0n) is 15.7. The van der Waals surface area contributed by atoms with E-state index < -0.39 is 0 Å². The first kappa shape index (κ1) is 18.8. The quantitative estimate of drug-likeness (QED) is 0.595. The Morgan fingerprint density at radius 2 is 2.12 bits per heavy atom. The standard InChI is InChI=1S/C19H28N4O2/c1-6-15-11-16(25-23-15)12-21-19(20-7-2)22-14(4)17-10-13(3)8-9-18(17)24-5/h8-11,14H,6-7,12H2,1-5H3,(H2,20,21,22). The third-order valence-electron chi connectivity index (χ3n) is 3.91. The third-order valence-corrected chi connectivity index (χ3v) is 3.91. The molecule has 2 aromatic rings. The summed E-state index contributed by atoms with van der Waals surface area (Å²) in [5.74, 6) is 2.35. The molecule has 2 rings (SSSR count). The Balaban J connectivity index is 2.12. The summed E-state index contributed by atoms with van der Waals surface area (Å²) in [5, 5.41) is 10.7. The van der Waals surface area contributed by atoms with Crippen molar-refractivity contribution in [1.82, 2.24) is 15.8 Å². The molecule has 0 aliphatic heterocycles. The van der Waals surface area contributed by atoms with Gasteiger partial charge in [-0.05, 0) is 33.3 Å². The number of aliphatic imine (C=N–C) groups is 1. The Kier molecular flexibility index (Phi) is 6.86. The average molecular weight is 344 g/mol. The molecule has 0 aliphatic rings. The number of hydrogen-bond donors (Lipinski definition) is 2. The van der Waals surface area contributed by atoms with Gasteiger partial charge in [0.2, 0.25) is 0 Å². The normalized spacial score (nSPS) is 12.8. The third kappa shape index (κ3) is 5.24. The molecule has 1 aromatic carbocycles. The van der Waals surface area contributed by atoms with E-state index in [-0.39, 0.29) is 6.04 Å². The van der Waals surface area contributed by atoms with Crippen LogP contribution in [0.25, 0.3) is 0 Å². The smallest absolute Gasteiger partial charge is 0.192 e. The number of rotatable bonds is 7. The summed E-state index contributed by atoms with van der Waals surface area (Å²) in [7, 11) is 1.69. The molecule has 1 atom stereocenters. The number of aryl methyl sites for hydroxylation is 2. The van der Waals surface area contributed by atoms with E-state index in [1.165, 1.54) is 5.56 Å². The maximum absolute atomic E-state index is 5.48. The summed E-state index contributed by atoms with van der Waals surface area (Å²) in [6, 6.07) is 8.16. The van der Waals surface area contributed by atoms with Gasteiger partial charge in [-0.3, -0.25) is 0 Å². The molecule has 0 saturated carbocycles. The molecule has 0 spiro atoms. The molecule has 136 valence electrons. The van der Waals surface area contributed by atoms with Crippen LogP contribution in [0.15, 0.2) is 33.8 Å². The molecule has 2 N–H and O–H groups in total. The first-order chi connectivity index (χ1) is 12.1. The summed E-state index contributed by atoms with van der Waals surface area (Å²) < 4.78 is 10.8. The molecule has 6 nitrogen and oxygen atoms in total. The topological polar surface area (TPSA) is 71.7 Å². The molecular weight excluding hydrogens is 316 g/mol. The van der Waals surface area contributed by atoms with Crippen LogP contribution >= 0.6 is 0 Å². The van der Waals surface area contributed by atoms with Crippen molar-refractivity contribution in [2.24, 2.45) is 4.99 Å². The Labute approximate surface area is 149 Å². The molecule has 0 saturated heterocycles. The van der Waals surface area contributed by atoms with Crippen molar-refractivity contribution in [1.29, 1.82) is 0 Å². The number of benzene rings is 1. The van der Waals surface area contributed by atoms with Crippen LogP contribution in [0.5, 0.6) is 5.75 Å². The lowest BCUT2D eigenvalue weighted by molar-refractivity contribution is 0.379. The van der Waals surface area contributed by atoms with Crippen LogP contribution in [0, 0.1) is 6.92 Å². The summed E-state index contributed by atoms with van der Waals surface area (Å²) in [5.41, 5.74) is 3.24. The van der Waals surface area contributed by atoms with Crippen molar-refractivity contribution < 1.29 is 9.26 Å². The highest BCUT2D eigenvalue weighted by Crippen LogP contribution is 2.26. The number of methoxy groups -OCH3 is 1. The molecule has 1 aromatic heterocycles. The highest BCUT2D eigenvalue weighted by atomic mass is 16.5. The minimum Gasteiger partial charge on any atom is -0.496 e. The van der Waals surface area contributed by atoms with Crippen molar-refractivity contribution in [3.8, 4) is 5.75 Å². The van der Waals surface area contributed by atoms with Crippen molar-refractivity contribution in [2.75, 3.05) is 13.7 Å². The number of guanidine groups is 1. The van der Waals surface area contributed by atoms with E-state index in [0.29, 0.717) is 6.54 Å². The van der Waals surface area contributed by atoms with E-state index in [1.54, 1.807) is 7.11 Å². The molecule has 0 fully saturated rings. The fourth-order valence-electron chi connectivity index (χ4n) is 2.55. The van der Waals surface area contributed by atoms with E-state index in [9.17, 15) is 0 Å². The van der Waals surface area contributed by atoms with Gasteiger partial charge in [0.15, 0.2) is 11.7 Å². The zero-order valence-corrected chi connectivity index (χ0v) is 15.7. The van der Waals surface area contributed by atoms with Gasteiger partial charge in [-0.2, -0.15) is 0 Å². The fraction of sp³-hybridized carbons (Fsp3) is 0.474. The van der Waals surface area contributed by atoms with Crippen LogP contribution in [-0.2, 0) is 13.0 Å². The van der Waals surface area contributed by atoms with Crippen LogP contribution in [0.1, 0.15) is 49.4 Å². The Morgan fingerprint density at radius 3 is 2.76 bits per heavy atom. The van der Waals surface area contributed by atoms with Crippen molar-refractivity contribution in [3.63, 3.8) is 0 Å². The molecule has 25 heavy (non-hydrogen) atoms. The van der Waals surface area contributed by atoms with Gasteiger partial charge in [0.05, 0.1) is 18.8 Å². The summed E-state index contributed by atoms with van der Waals surface area (Å²) in [6.45, 7) is 9.48. The number of hydrogen-bond acceptors (Lipinski definition) is 4. The van der Waals surface area contributed by atoms with E-state index in [0.717, 1.165) is 41.7 Å². The maximum Gasteiger partial charge on any atom is 0.192 e. The van der Waals surface area contributed by atoms with E-state index in [4.69, 9.17) is 9.26 Å². The second-order valence-corrected chi connectivity index (χ2v) is 5.94. The number of nitrogens with zero attached hydrogens (tertiary/aromatic N) is 2. The SMILES string of the molecule is CCNC(=NCc1cc(CC)no1)NC(C)c1cc(C)ccc1OC. The van der Waals surface area contributed by atoms with Crippen LogP contribution in [0.4, 0.5) is 0 Å². The lowest BCUT2D eigenvalue weighted by Crippen LogP contribution is -2.38. The number of aromatic nitrogens is 1. The van der Waals surface area contributed by atoms with Crippen molar-refractivity contribution in [3.05, 3.63) is 46.8 Å². The van der Waals surface area contributed by atoms with Crippen LogP contribution in [0.2, 0.25) is 0 Å². The number of nitrogens with one attached hydrogen (secondary N) is 2. The molecule has 1 heterocycles. The number of ether oxygens (including phenoxy) is 1. The Hall–Kier alpha value is -2.50. The molecule has 0 aliphatic carbocycles. The monoisotopic (exact) mass is 344 g/mol. The van der Waals surface area contributed by atoms with Crippen molar-refractivity contribution >= 4 is 5.96 Å². The molecule has 0 amide bonds. The maximum atomic E-state index is 5.48. The van der Waals surface area contributed by atoms with Crippen LogP contribution < -0.4 is 15.4 Å². The van der Waals surface area contributed by atoms with Gasteiger partial charge in [0, 0.05) is 18.2 Å². The summed E-state index contributed by atoms with van der Waals surface area (Å²) in [6.07, 6.45) is 0.857. The molecule has 6 heteroatoms. The minimum atomic E-state index is 0.0496. The second-order valence-electron chi connectivity index (χ2n) is 5.94. The Morgan fingerprint density at radius 1 is 1.32 bits per heavy atom. The molecule has 0 radical (unpaired) electrons. The first-order valence-electron chi connectivity index (χ1n) is 8.71. The highest BCUT2D eigenvalue weighted by Gasteiger charge is 2.13. The van der Waals surface area contributed by atoms with Gasteiger partial charge < -0.3 is 19.9 Å². The van der Waals surface area contributed by atoms with Gasteiger partial charge in [0.1, 0.15) is 12.3 Å². The first-order valence-corrected chi connectivity index (χ1v) is 8.71.